The Labute approximate surface area is 123 Å². The van der Waals surface area contributed by atoms with Crippen LogP contribution in [0.4, 0.5) is 4.79 Å². The van der Waals surface area contributed by atoms with Gasteiger partial charge in [0, 0.05) is 39.2 Å². The van der Waals surface area contributed by atoms with E-state index in [0.717, 1.165) is 13.0 Å². The molecule has 1 atom stereocenters. The van der Waals surface area contributed by atoms with E-state index in [4.69, 9.17) is 9.84 Å². The lowest BCUT2D eigenvalue weighted by atomic mass is 9.99. The first-order chi connectivity index (χ1) is 10.1. The second-order valence-corrected chi connectivity index (χ2v) is 5.53. The van der Waals surface area contributed by atoms with Gasteiger partial charge in [0.15, 0.2) is 5.54 Å². The molecular weight excluding hydrogens is 278 g/mol. The molecule has 0 aromatic carbocycles. The van der Waals surface area contributed by atoms with Gasteiger partial charge in [0.2, 0.25) is 0 Å². The summed E-state index contributed by atoms with van der Waals surface area (Å²) in [6.45, 7) is 3.69. The summed E-state index contributed by atoms with van der Waals surface area (Å²) < 4.78 is 5.13. The molecule has 2 saturated heterocycles. The molecule has 8 nitrogen and oxygen atoms in total. The van der Waals surface area contributed by atoms with Gasteiger partial charge in [0.1, 0.15) is 0 Å². The highest BCUT2D eigenvalue weighted by Gasteiger charge is 2.44. The fraction of sp³-hybridized carbons (Fsp3) is 0.846. The predicted molar refractivity (Wildman–Crippen MR) is 74.1 cm³/mol. The van der Waals surface area contributed by atoms with Gasteiger partial charge in [-0.3, -0.25) is 4.90 Å². The largest absolute Gasteiger partial charge is 0.479 e. The summed E-state index contributed by atoms with van der Waals surface area (Å²) in [7, 11) is 0. The van der Waals surface area contributed by atoms with Gasteiger partial charge in [-0.2, -0.15) is 0 Å². The van der Waals surface area contributed by atoms with E-state index in [1.165, 1.54) is 0 Å². The van der Waals surface area contributed by atoms with E-state index in [2.05, 4.69) is 10.2 Å². The van der Waals surface area contributed by atoms with E-state index in [1.807, 2.05) is 0 Å². The molecule has 2 fully saturated rings. The number of carbonyl (C=O) groups is 2. The quantitative estimate of drug-likeness (QED) is 0.612. The van der Waals surface area contributed by atoms with Crippen molar-refractivity contribution in [2.75, 3.05) is 52.5 Å². The second kappa shape index (κ2) is 7.06. The lowest BCUT2D eigenvalue weighted by molar-refractivity contribution is -0.144. The zero-order valence-electron chi connectivity index (χ0n) is 12.1. The Balaban J connectivity index is 1.92. The Morgan fingerprint density at radius 2 is 2.05 bits per heavy atom. The number of hydrogen-bond acceptors (Lipinski definition) is 5. The number of rotatable bonds is 4. The molecule has 0 bridgehead atoms. The van der Waals surface area contributed by atoms with Crippen LogP contribution in [-0.2, 0) is 9.53 Å². The third-order valence-electron chi connectivity index (χ3n) is 4.07. The van der Waals surface area contributed by atoms with Crippen molar-refractivity contribution in [1.82, 2.24) is 15.1 Å². The molecule has 1 unspecified atom stereocenters. The van der Waals surface area contributed by atoms with Crippen LogP contribution in [0.1, 0.15) is 12.8 Å². The van der Waals surface area contributed by atoms with Crippen molar-refractivity contribution < 1.29 is 24.5 Å². The number of hydrogen-bond donors (Lipinski definition) is 3. The van der Waals surface area contributed by atoms with Crippen LogP contribution in [0.2, 0.25) is 0 Å². The first-order valence-electron chi connectivity index (χ1n) is 7.29. The highest BCUT2D eigenvalue weighted by molar-refractivity contribution is 5.86. The highest BCUT2D eigenvalue weighted by atomic mass is 16.5. The van der Waals surface area contributed by atoms with Gasteiger partial charge in [-0.05, 0) is 13.0 Å². The van der Waals surface area contributed by atoms with E-state index in [-0.39, 0.29) is 19.2 Å². The molecule has 2 aliphatic rings. The third kappa shape index (κ3) is 3.84. The van der Waals surface area contributed by atoms with Crippen molar-refractivity contribution in [3.8, 4) is 0 Å². The molecule has 0 aromatic heterocycles. The number of urea groups is 1. The van der Waals surface area contributed by atoms with Gasteiger partial charge in [-0.25, -0.2) is 9.59 Å². The van der Waals surface area contributed by atoms with Gasteiger partial charge in [0.05, 0.1) is 13.2 Å². The van der Waals surface area contributed by atoms with E-state index in [9.17, 15) is 14.7 Å². The third-order valence-corrected chi connectivity index (χ3v) is 4.07. The Morgan fingerprint density at radius 1 is 1.24 bits per heavy atom. The smallest absolute Gasteiger partial charge is 0.332 e. The average Bonchev–Trinajstić information content (AvgIpc) is 2.79. The van der Waals surface area contributed by atoms with E-state index in [0.29, 0.717) is 39.2 Å². The second-order valence-electron chi connectivity index (χ2n) is 5.53. The monoisotopic (exact) mass is 301 g/mol. The van der Waals surface area contributed by atoms with Crippen molar-refractivity contribution >= 4 is 12.0 Å². The van der Waals surface area contributed by atoms with Crippen LogP contribution in [-0.4, -0.2) is 90.1 Å². The summed E-state index contributed by atoms with van der Waals surface area (Å²) in [5.41, 5.74) is -1.30. The molecule has 0 spiro atoms. The summed E-state index contributed by atoms with van der Waals surface area (Å²) in [5.74, 6) is -1.05. The molecule has 120 valence electrons. The average molecular weight is 301 g/mol. The number of aliphatic hydroxyl groups excluding tert-OH is 1. The molecule has 0 aliphatic carbocycles. The number of amides is 2. The molecule has 8 heteroatoms. The molecule has 2 rings (SSSR count). The van der Waals surface area contributed by atoms with Gasteiger partial charge in [-0.15, -0.1) is 0 Å². The Bertz CT molecular complexity index is 384. The Morgan fingerprint density at radius 3 is 2.67 bits per heavy atom. The van der Waals surface area contributed by atoms with Crippen LogP contribution in [0.25, 0.3) is 0 Å². The van der Waals surface area contributed by atoms with Crippen molar-refractivity contribution in [2.45, 2.75) is 18.4 Å². The summed E-state index contributed by atoms with van der Waals surface area (Å²) >= 11 is 0. The van der Waals surface area contributed by atoms with Crippen LogP contribution >= 0.6 is 0 Å². The van der Waals surface area contributed by atoms with Crippen molar-refractivity contribution in [3.63, 3.8) is 0 Å². The summed E-state index contributed by atoms with van der Waals surface area (Å²) in [5, 5.41) is 20.9. The predicted octanol–water partition coefficient (Wildman–Crippen LogP) is -1.06. The zero-order chi connectivity index (χ0) is 15.3. The minimum Gasteiger partial charge on any atom is -0.479 e. The molecule has 21 heavy (non-hydrogen) atoms. The molecule has 0 aromatic rings. The normalized spacial score (nSPS) is 27.4. The first-order valence-corrected chi connectivity index (χ1v) is 7.29. The Hall–Kier alpha value is -1.38. The fourth-order valence-corrected chi connectivity index (χ4v) is 2.71. The maximum Gasteiger partial charge on any atom is 0.332 e. The number of nitrogens with zero attached hydrogens (tertiary/aromatic N) is 2. The number of carboxylic acid groups (broad SMARTS) is 1. The Kier molecular flexibility index (Phi) is 5.38. The number of carboxylic acids is 1. The highest BCUT2D eigenvalue weighted by Crippen LogP contribution is 2.19. The van der Waals surface area contributed by atoms with Crippen LogP contribution in [0, 0.1) is 0 Å². The van der Waals surface area contributed by atoms with Gasteiger partial charge >= 0.3 is 12.0 Å². The fourth-order valence-electron chi connectivity index (χ4n) is 2.71. The summed E-state index contributed by atoms with van der Waals surface area (Å²) in [6, 6.07) is -0.353. The molecule has 3 N–H and O–H groups in total. The standard InChI is InChI=1S/C13H23N3O5/c17-8-7-15-3-1-4-16(6-5-15)12(20)14-13(11(18)19)2-9-21-10-13/h17H,1-10H2,(H,14,20)(H,18,19). The topological polar surface area (TPSA) is 102 Å². The molecule has 0 saturated carbocycles. The van der Waals surface area contributed by atoms with Gasteiger partial charge in [-0.1, -0.05) is 0 Å². The van der Waals surface area contributed by atoms with Crippen LogP contribution in [0.3, 0.4) is 0 Å². The minimum atomic E-state index is -1.30. The maximum atomic E-state index is 12.3. The van der Waals surface area contributed by atoms with Crippen molar-refractivity contribution in [2.24, 2.45) is 0 Å². The van der Waals surface area contributed by atoms with E-state index < -0.39 is 11.5 Å². The number of aliphatic carboxylic acids is 1. The molecule has 2 aliphatic heterocycles. The number of β-amino-alcohol motifs (C(OH)–C–C–N with tert-alkyl or cyclic N) is 1. The number of ether oxygens (including phenoxy) is 1. The molecular formula is C13H23N3O5. The first kappa shape index (κ1) is 16.0. The van der Waals surface area contributed by atoms with Gasteiger partial charge in [0.25, 0.3) is 0 Å². The van der Waals surface area contributed by atoms with Gasteiger partial charge < -0.3 is 25.2 Å². The number of aliphatic hydroxyl groups is 1. The minimum absolute atomic E-state index is 0.0125. The number of carbonyl (C=O) groups excluding carboxylic acids is 1. The van der Waals surface area contributed by atoms with E-state index in [1.54, 1.807) is 4.90 Å². The van der Waals surface area contributed by atoms with E-state index >= 15 is 0 Å². The molecule has 2 heterocycles. The summed E-state index contributed by atoms with van der Waals surface area (Å²) in [4.78, 5) is 27.4. The number of nitrogens with one attached hydrogen (secondary N) is 1. The summed E-state index contributed by atoms with van der Waals surface area (Å²) in [6.07, 6.45) is 1.10. The lowest BCUT2D eigenvalue weighted by Crippen LogP contribution is -2.58. The molecule has 2 amide bonds. The van der Waals surface area contributed by atoms with Crippen LogP contribution in [0.15, 0.2) is 0 Å². The lowest BCUT2D eigenvalue weighted by Gasteiger charge is -2.28. The maximum absolute atomic E-state index is 12.3. The zero-order valence-corrected chi connectivity index (χ0v) is 12.1. The van der Waals surface area contributed by atoms with Crippen molar-refractivity contribution in [1.29, 1.82) is 0 Å². The van der Waals surface area contributed by atoms with Crippen LogP contribution < -0.4 is 5.32 Å². The van der Waals surface area contributed by atoms with Crippen molar-refractivity contribution in [3.05, 3.63) is 0 Å². The SMILES string of the molecule is O=C(NC1(C(=O)O)CCOC1)N1CCCN(CCO)CC1. The van der Waals surface area contributed by atoms with Crippen LogP contribution in [0.5, 0.6) is 0 Å². The molecule has 0 radical (unpaired) electrons.